The highest BCUT2D eigenvalue weighted by molar-refractivity contribution is 5.87. The Hall–Kier alpha value is -1.14. The molecule has 1 aliphatic heterocycles. The van der Waals surface area contributed by atoms with Gasteiger partial charge in [0.2, 0.25) is 5.91 Å². The number of ether oxygens (including phenoxy) is 1. The smallest absolute Gasteiger partial charge is 0.326 e. The van der Waals surface area contributed by atoms with E-state index in [0.29, 0.717) is 25.3 Å². The van der Waals surface area contributed by atoms with E-state index in [2.05, 4.69) is 0 Å². The Morgan fingerprint density at radius 2 is 2.11 bits per heavy atom. The molecule has 18 heavy (non-hydrogen) atoms. The van der Waals surface area contributed by atoms with Crippen LogP contribution in [0, 0.1) is 5.92 Å². The van der Waals surface area contributed by atoms with Gasteiger partial charge < -0.3 is 20.5 Å². The van der Waals surface area contributed by atoms with Gasteiger partial charge in [-0.25, -0.2) is 4.79 Å². The number of hydrogen-bond donors (Lipinski definition) is 2. The third-order valence-corrected chi connectivity index (χ3v) is 3.21. The number of carbonyl (C=O) groups is 2. The van der Waals surface area contributed by atoms with Crippen molar-refractivity contribution in [3.63, 3.8) is 0 Å². The fourth-order valence-corrected chi connectivity index (χ4v) is 2.27. The lowest BCUT2D eigenvalue weighted by atomic mass is 10.0. The Kier molecular flexibility index (Phi) is 5.10. The summed E-state index contributed by atoms with van der Waals surface area (Å²) in [6.07, 6.45) is 0.659. The highest BCUT2D eigenvalue weighted by Crippen LogP contribution is 2.22. The quantitative estimate of drug-likeness (QED) is 0.727. The summed E-state index contributed by atoms with van der Waals surface area (Å²) in [5.41, 5.74) is 5.82. The van der Waals surface area contributed by atoms with Gasteiger partial charge in [-0.05, 0) is 12.3 Å². The van der Waals surface area contributed by atoms with Crippen molar-refractivity contribution in [3.05, 3.63) is 0 Å². The lowest BCUT2D eigenvalue weighted by Crippen LogP contribution is -2.49. The Morgan fingerprint density at radius 1 is 1.50 bits per heavy atom. The number of nitrogens with zero attached hydrogens (tertiary/aromatic N) is 1. The van der Waals surface area contributed by atoms with Crippen molar-refractivity contribution in [1.82, 2.24) is 4.90 Å². The van der Waals surface area contributed by atoms with E-state index in [4.69, 9.17) is 15.6 Å². The molecule has 2 unspecified atom stereocenters. The predicted molar refractivity (Wildman–Crippen MR) is 66.0 cm³/mol. The molecule has 1 fully saturated rings. The summed E-state index contributed by atoms with van der Waals surface area (Å²) in [5, 5.41) is 9.12. The zero-order chi connectivity index (χ0) is 13.9. The van der Waals surface area contributed by atoms with Crippen LogP contribution in [0.1, 0.15) is 26.7 Å². The van der Waals surface area contributed by atoms with Gasteiger partial charge in [-0.15, -0.1) is 0 Å². The zero-order valence-corrected chi connectivity index (χ0v) is 11.1. The molecule has 1 aliphatic rings. The average molecular weight is 258 g/mol. The number of likely N-dealkylation sites (tertiary alicyclic amines) is 1. The highest BCUT2D eigenvalue weighted by Gasteiger charge is 2.41. The Labute approximate surface area is 107 Å². The summed E-state index contributed by atoms with van der Waals surface area (Å²) in [6, 6.07) is -1.46. The van der Waals surface area contributed by atoms with Crippen molar-refractivity contribution in [2.45, 2.75) is 44.9 Å². The summed E-state index contributed by atoms with van der Waals surface area (Å²) in [4.78, 5) is 24.6. The maximum atomic E-state index is 12.1. The normalized spacial score (nSPS) is 25.5. The van der Waals surface area contributed by atoms with Crippen LogP contribution in [0.25, 0.3) is 0 Å². The van der Waals surface area contributed by atoms with Crippen molar-refractivity contribution >= 4 is 11.9 Å². The molecule has 1 saturated heterocycles. The van der Waals surface area contributed by atoms with Gasteiger partial charge in [0.1, 0.15) is 6.04 Å². The number of carbonyl (C=O) groups excluding carboxylic acids is 1. The van der Waals surface area contributed by atoms with E-state index in [1.54, 1.807) is 0 Å². The predicted octanol–water partition coefficient (Wildman–Crippen LogP) is 0.0603. The summed E-state index contributed by atoms with van der Waals surface area (Å²) in [5.74, 6) is -0.997. The summed E-state index contributed by atoms with van der Waals surface area (Å²) >= 11 is 0. The van der Waals surface area contributed by atoms with Crippen molar-refractivity contribution in [1.29, 1.82) is 0 Å². The number of aliphatic carboxylic acids is 1. The van der Waals surface area contributed by atoms with Crippen LogP contribution in [0.2, 0.25) is 0 Å². The number of methoxy groups -OCH3 is 1. The fourth-order valence-electron chi connectivity index (χ4n) is 2.27. The third kappa shape index (κ3) is 3.43. The first-order chi connectivity index (χ1) is 8.36. The molecule has 0 aromatic rings. The second-order valence-corrected chi connectivity index (χ2v) is 5.17. The van der Waals surface area contributed by atoms with Crippen LogP contribution in [0.5, 0.6) is 0 Å². The lowest BCUT2D eigenvalue weighted by molar-refractivity contribution is -0.148. The van der Waals surface area contributed by atoms with E-state index < -0.39 is 18.1 Å². The molecule has 104 valence electrons. The molecule has 0 spiro atoms. The molecule has 3 N–H and O–H groups in total. The minimum Gasteiger partial charge on any atom is -0.480 e. The first-order valence-corrected chi connectivity index (χ1v) is 6.18. The first kappa shape index (κ1) is 14.9. The molecule has 0 aliphatic carbocycles. The van der Waals surface area contributed by atoms with Crippen LogP contribution in [0.3, 0.4) is 0 Å². The van der Waals surface area contributed by atoms with Crippen molar-refractivity contribution in [3.8, 4) is 0 Å². The molecule has 0 aromatic heterocycles. The molecular weight excluding hydrogens is 236 g/mol. The van der Waals surface area contributed by atoms with Gasteiger partial charge in [-0.3, -0.25) is 4.79 Å². The number of amides is 1. The molecule has 3 atom stereocenters. The van der Waals surface area contributed by atoms with E-state index in [1.807, 2.05) is 13.8 Å². The first-order valence-electron chi connectivity index (χ1n) is 6.18. The van der Waals surface area contributed by atoms with Crippen LogP contribution in [-0.2, 0) is 14.3 Å². The second kappa shape index (κ2) is 6.15. The molecule has 6 nitrogen and oxygen atoms in total. The number of rotatable bonds is 5. The highest BCUT2D eigenvalue weighted by atomic mass is 16.5. The number of carboxylic acids is 1. The van der Waals surface area contributed by atoms with Gasteiger partial charge in [0.05, 0.1) is 12.1 Å². The van der Waals surface area contributed by atoms with E-state index in [9.17, 15) is 9.59 Å². The lowest BCUT2D eigenvalue weighted by Gasteiger charge is -2.25. The van der Waals surface area contributed by atoms with Gasteiger partial charge in [0.25, 0.3) is 0 Å². The minimum atomic E-state index is -1.00. The van der Waals surface area contributed by atoms with Gasteiger partial charge in [-0.2, -0.15) is 0 Å². The van der Waals surface area contributed by atoms with E-state index >= 15 is 0 Å². The molecule has 0 saturated carbocycles. The fraction of sp³-hybridized carbons (Fsp3) is 0.833. The molecule has 0 aromatic carbocycles. The molecule has 0 radical (unpaired) electrons. The molecule has 6 heteroatoms. The van der Waals surface area contributed by atoms with E-state index in [1.165, 1.54) is 12.0 Å². The standard InChI is InChI=1S/C12H22N2O4/c1-7(2)4-9(13)11(15)14-6-8(18-3)5-10(14)12(16)17/h7-10H,4-6,13H2,1-3H3,(H,16,17)/t8?,9-,10?/m0/s1. The number of carboxylic acid groups (broad SMARTS) is 1. The summed E-state index contributed by atoms with van der Waals surface area (Å²) in [7, 11) is 1.52. The van der Waals surface area contributed by atoms with E-state index in [0.717, 1.165) is 0 Å². The van der Waals surface area contributed by atoms with Crippen molar-refractivity contribution in [2.75, 3.05) is 13.7 Å². The van der Waals surface area contributed by atoms with Crippen LogP contribution < -0.4 is 5.73 Å². The summed E-state index contributed by atoms with van der Waals surface area (Å²) in [6.45, 7) is 4.26. The van der Waals surface area contributed by atoms with E-state index in [-0.39, 0.29) is 12.0 Å². The number of hydrogen-bond acceptors (Lipinski definition) is 4. The van der Waals surface area contributed by atoms with Crippen LogP contribution in [-0.4, -0.2) is 53.7 Å². The molecule has 1 heterocycles. The molecule has 1 amide bonds. The Morgan fingerprint density at radius 3 is 2.56 bits per heavy atom. The van der Waals surface area contributed by atoms with Gasteiger partial charge >= 0.3 is 5.97 Å². The molecule has 1 rings (SSSR count). The minimum absolute atomic E-state index is 0.221. The SMILES string of the molecule is COC1CC(C(=O)O)N(C(=O)[C@@H](N)CC(C)C)C1. The van der Waals surface area contributed by atoms with Crippen LogP contribution in [0.4, 0.5) is 0 Å². The third-order valence-electron chi connectivity index (χ3n) is 3.21. The summed E-state index contributed by atoms with van der Waals surface area (Å²) < 4.78 is 5.13. The largest absolute Gasteiger partial charge is 0.480 e. The maximum Gasteiger partial charge on any atom is 0.326 e. The second-order valence-electron chi connectivity index (χ2n) is 5.17. The maximum absolute atomic E-state index is 12.1. The Bertz CT molecular complexity index is 319. The monoisotopic (exact) mass is 258 g/mol. The van der Waals surface area contributed by atoms with Crippen molar-refractivity contribution < 1.29 is 19.4 Å². The Balaban J connectivity index is 2.73. The zero-order valence-electron chi connectivity index (χ0n) is 11.1. The van der Waals surface area contributed by atoms with Crippen LogP contribution in [0.15, 0.2) is 0 Å². The average Bonchev–Trinajstić information content (AvgIpc) is 2.71. The number of nitrogens with two attached hydrogens (primary N) is 1. The van der Waals surface area contributed by atoms with Crippen molar-refractivity contribution in [2.24, 2.45) is 11.7 Å². The van der Waals surface area contributed by atoms with Crippen LogP contribution >= 0.6 is 0 Å². The molecule has 0 bridgehead atoms. The van der Waals surface area contributed by atoms with Gasteiger partial charge in [-0.1, -0.05) is 13.8 Å². The molecular formula is C12H22N2O4. The topological polar surface area (TPSA) is 92.9 Å². The van der Waals surface area contributed by atoms with Gasteiger partial charge in [0.15, 0.2) is 0 Å². The van der Waals surface area contributed by atoms with Gasteiger partial charge in [0, 0.05) is 20.1 Å².